The molecule has 28 heavy (non-hydrogen) atoms. The summed E-state index contributed by atoms with van der Waals surface area (Å²) in [5, 5.41) is 18.2. The lowest BCUT2D eigenvalue weighted by Crippen LogP contribution is -2.39. The highest BCUT2D eigenvalue weighted by molar-refractivity contribution is 6.30. The number of benzene rings is 3. The second-order valence-electron chi connectivity index (χ2n) is 6.64. The van der Waals surface area contributed by atoms with Gasteiger partial charge >= 0.3 is 0 Å². The molecule has 5 heteroatoms. The van der Waals surface area contributed by atoms with E-state index in [9.17, 15) is 5.11 Å². The van der Waals surface area contributed by atoms with E-state index < -0.39 is 0 Å². The van der Waals surface area contributed by atoms with Gasteiger partial charge in [-0.15, -0.1) is 0 Å². The number of halogens is 1. The number of nitrogens with one attached hydrogen (secondary N) is 2. The fourth-order valence-corrected chi connectivity index (χ4v) is 3.48. The SMILES string of the molecule is COc1ccc(C2=CC(c3ccccc3O)NC(c3ccc(Cl)cc3)N2)cc1. The van der Waals surface area contributed by atoms with Crippen LogP contribution in [0.15, 0.2) is 78.9 Å². The van der Waals surface area contributed by atoms with E-state index in [0.717, 1.165) is 28.1 Å². The first-order valence-corrected chi connectivity index (χ1v) is 9.44. The summed E-state index contributed by atoms with van der Waals surface area (Å²) < 4.78 is 5.27. The maximum absolute atomic E-state index is 10.4. The van der Waals surface area contributed by atoms with Gasteiger partial charge in [0.05, 0.1) is 13.2 Å². The Kier molecular flexibility index (Phi) is 5.24. The zero-order valence-electron chi connectivity index (χ0n) is 15.4. The number of hydrogen-bond donors (Lipinski definition) is 3. The molecule has 0 spiro atoms. The number of methoxy groups -OCH3 is 1. The monoisotopic (exact) mass is 392 g/mol. The summed E-state index contributed by atoms with van der Waals surface area (Å²) in [4.78, 5) is 0. The molecule has 0 aliphatic carbocycles. The van der Waals surface area contributed by atoms with Crippen molar-refractivity contribution in [2.24, 2.45) is 0 Å². The number of phenols is 1. The van der Waals surface area contributed by atoms with E-state index in [-0.39, 0.29) is 18.0 Å². The third-order valence-electron chi connectivity index (χ3n) is 4.86. The number of aromatic hydroxyl groups is 1. The normalized spacial score (nSPS) is 18.9. The largest absolute Gasteiger partial charge is 0.508 e. The zero-order valence-corrected chi connectivity index (χ0v) is 16.1. The predicted molar refractivity (Wildman–Crippen MR) is 112 cm³/mol. The van der Waals surface area contributed by atoms with Gasteiger partial charge in [0.25, 0.3) is 0 Å². The van der Waals surface area contributed by atoms with Crippen molar-refractivity contribution in [2.45, 2.75) is 12.2 Å². The Balaban J connectivity index is 1.73. The van der Waals surface area contributed by atoms with E-state index in [1.807, 2.05) is 66.7 Å². The van der Waals surface area contributed by atoms with Crippen LogP contribution < -0.4 is 15.4 Å². The third-order valence-corrected chi connectivity index (χ3v) is 5.11. The molecular weight excluding hydrogens is 372 g/mol. The Morgan fingerprint density at radius 1 is 0.929 bits per heavy atom. The molecule has 3 aromatic carbocycles. The van der Waals surface area contributed by atoms with Crippen molar-refractivity contribution < 1.29 is 9.84 Å². The average molecular weight is 393 g/mol. The van der Waals surface area contributed by atoms with Gasteiger partial charge in [-0.2, -0.15) is 0 Å². The molecule has 142 valence electrons. The number of rotatable bonds is 4. The van der Waals surface area contributed by atoms with Crippen molar-refractivity contribution in [1.82, 2.24) is 10.6 Å². The molecule has 3 aromatic rings. The summed E-state index contributed by atoms with van der Waals surface area (Å²) in [6.07, 6.45) is 1.95. The van der Waals surface area contributed by atoms with Crippen molar-refractivity contribution in [2.75, 3.05) is 7.11 Å². The molecule has 3 N–H and O–H groups in total. The first-order valence-electron chi connectivity index (χ1n) is 9.06. The quantitative estimate of drug-likeness (QED) is 0.583. The van der Waals surface area contributed by atoms with Gasteiger partial charge in [-0.3, -0.25) is 5.32 Å². The van der Waals surface area contributed by atoms with Crippen LogP contribution in [0.25, 0.3) is 5.70 Å². The minimum absolute atomic E-state index is 0.135. The molecular formula is C23H21ClN2O2. The van der Waals surface area contributed by atoms with E-state index >= 15 is 0 Å². The molecule has 0 radical (unpaired) electrons. The van der Waals surface area contributed by atoms with E-state index in [1.165, 1.54) is 0 Å². The first kappa shape index (κ1) is 18.4. The van der Waals surface area contributed by atoms with Crippen LogP contribution >= 0.6 is 11.6 Å². The smallest absolute Gasteiger partial charge is 0.120 e. The van der Waals surface area contributed by atoms with Crippen molar-refractivity contribution >= 4 is 17.3 Å². The lowest BCUT2D eigenvalue weighted by molar-refractivity contribution is 0.414. The molecule has 0 amide bonds. The standard InChI is InChI=1S/C23H21ClN2O2/c1-28-18-12-8-15(9-13-18)20-14-21(19-4-2-3-5-22(19)27)26-23(25-20)16-6-10-17(24)11-7-16/h2-14,21,23,25-27H,1H3. The highest BCUT2D eigenvalue weighted by atomic mass is 35.5. The number of para-hydroxylation sites is 1. The summed E-state index contributed by atoms with van der Waals surface area (Å²) in [6, 6.07) is 22.9. The van der Waals surface area contributed by atoms with Crippen LogP contribution in [0.4, 0.5) is 0 Å². The van der Waals surface area contributed by atoms with Gasteiger partial charge in [0.2, 0.25) is 0 Å². The maximum Gasteiger partial charge on any atom is 0.120 e. The lowest BCUT2D eigenvalue weighted by Gasteiger charge is -2.33. The van der Waals surface area contributed by atoms with Gasteiger partial charge in [-0.05, 0) is 59.7 Å². The second-order valence-corrected chi connectivity index (χ2v) is 7.08. The van der Waals surface area contributed by atoms with Crippen LogP contribution in [0.2, 0.25) is 5.02 Å². The summed E-state index contributed by atoms with van der Waals surface area (Å²) >= 11 is 6.05. The van der Waals surface area contributed by atoms with Gasteiger partial charge in [-0.1, -0.05) is 41.9 Å². The summed E-state index contributed by atoms with van der Waals surface area (Å²) in [6.45, 7) is 0. The van der Waals surface area contributed by atoms with Crippen molar-refractivity contribution in [3.05, 3.63) is 101 Å². The molecule has 0 aromatic heterocycles. The van der Waals surface area contributed by atoms with Gasteiger partial charge in [0.15, 0.2) is 0 Å². The molecule has 1 heterocycles. The van der Waals surface area contributed by atoms with Crippen molar-refractivity contribution in [1.29, 1.82) is 0 Å². The molecule has 2 unspecified atom stereocenters. The number of hydrogen-bond acceptors (Lipinski definition) is 4. The molecule has 0 saturated carbocycles. The van der Waals surface area contributed by atoms with E-state index in [2.05, 4.69) is 16.7 Å². The molecule has 1 aliphatic rings. The van der Waals surface area contributed by atoms with Crippen LogP contribution in [0.5, 0.6) is 11.5 Å². The van der Waals surface area contributed by atoms with Crippen LogP contribution in [-0.4, -0.2) is 12.2 Å². The molecule has 1 aliphatic heterocycles. The zero-order chi connectivity index (χ0) is 19.5. The minimum Gasteiger partial charge on any atom is -0.508 e. The highest BCUT2D eigenvalue weighted by Crippen LogP contribution is 2.33. The summed E-state index contributed by atoms with van der Waals surface area (Å²) in [5.74, 6) is 1.08. The number of phenolic OH excluding ortho intramolecular Hbond substituents is 1. The van der Waals surface area contributed by atoms with Crippen LogP contribution in [0.1, 0.15) is 28.9 Å². The topological polar surface area (TPSA) is 53.5 Å². The maximum atomic E-state index is 10.4. The molecule has 0 saturated heterocycles. The van der Waals surface area contributed by atoms with Crippen molar-refractivity contribution in [3.8, 4) is 11.5 Å². The Bertz CT molecular complexity index is 984. The Morgan fingerprint density at radius 2 is 1.64 bits per heavy atom. The Labute approximate surface area is 169 Å². The second kappa shape index (κ2) is 7.97. The fraction of sp³-hybridized carbons (Fsp3) is 0.130. The van der Waals surface area contributed by atoms with E-state index in [0.29, 0.717) is 5.02 Å². The van der Waals surface area contributed by atoms with E-state index in [1.54, 1.807) is 13.2 Å². The number of ether oxygens (including phenoxy) is 1. The summed E-state index contributed by atoms with van der Waals surface area (Å²) in [5.41, 5.74) is 3.91. The van der Waals surface area contributed by atoms with Gasteiger partial charge in [0, 0.05) is 16.3 Å². The Hall–Kier alpha value is -2.95. The minimum atomic E-state index is -0.153. The predicted octanol–water partition coefficient (Wildman–Crippen LogP) is 5.03. The van der Waals surface area contributed by atoms with Crippen LogP contribution in [0.3, 0.4) is 0 Å². The molecule has 2 atom stereocenters. The summed E-state index contributed by atoms with van der Waals surface area (Å²) in [7, 11) is 1.65. The first-order chi connectivity index (χ1) is 13.6. The van der Waals surface area contributed by atoms with Crippen LogP contribution in [0, 0.1) is 0 Å². The van der Waals surface area contributed by atoms with E-state index in [4.69, 9.17) is 16.3 Å². The molecule has 4 nitrogen and oxygen atoms in total. The van der Waals surface area contributed by atoms with Gasteiger partial charge in [0.1, 0.15) is 17.7 Å². The molecule has 0 bridgehead atoms. The van der Waals surface area contributed by atoms with Crippen molar-refractivity contribution in [3.63, 3.8) is 0 Å². The van der Waals surface area contributed by atoms with Gasteiger partial charge in [-0.25, -0.2) is 0 Å². The lowest BCUT2D eigenvalue weighted by atomic mass is 9.98. The molecule has 4 rings (SSSR count). The highest BCUT2D eigenvalue weighted by Gasteiger charge is 2.25. The average Bonchev–Trinajstić information content (AvgIpc) is 2.74. The third kappa shape index (κ3) is 3.84. The Morgan fingerprint density at radius 3 is 2.32 bits per heavy atom. The molecule has 0 fully saturated rings. The fourth-order valence-electron chi connectivity index (χ4n) is 3.35. The van der Waals surface area contributed by atoms with Gasteiger partial charge < -0.3 is 15.2 Å². The van der Waals surface area contributed by atoms with Crippen LogP contribution in [-0.2, 0) is 0 Å².